The predicted octanol–water partition coefficient (Wildman–Crippen LogP) is 4.21. The average molecular weight is 437 g/mol. The van der Waals surface area contributed by atoms with Gasteiger partial charge in [-0.3, -0.25) is 9.10 Å². The predicted molar refractivity (Wildman–Crippen MR) is 121 cm³/mol. The molecule has 0 saturated carbocycles. The third kappa shape index (κ3) is 4.01. The van der Waals surface area contributed by atoms with Crippen molar-refractivity contribution in [1.82, 2.24) is 0 Å². The van der Waals surface area contributed by atoms with Crippen LogP contribution in [-0.2, 0) is 14.8 Å². The fourth-order valence-electron chi connectivity index (χ4n) is 3.87. The molecule has 0 bridgehead atoms. The number of anilines is 2. The summed E-state index contributed by atoms with van der Waals surface area (Å²) in [5.74, 6) is -0.0384. The zero-order chi connectivity index (χ0) is 22.2. The molecule has 0 spiro atoms. The standard InChI is InChI=1S/C24H24N2O4S/c1-16-13-17(2)23(18(3)14-16)25-24(27)22-15-26(20-11-7-8-12-21(20)30-22)31(28,29)19-9-5-4-6-10-19/h4-14,22H,15H2,1-3H3,(H,25,27). The van der Waals surface area contributed by atoms with Crippen LogP contribution < -0.4 is 14.4 Å². The van der Waals surface area contributed by atoms with E-state index in [4.69, 9.17) is 4.74 Å². The zero-order valence-corrected chi connectivity index (χ0v) is 18.4. The van der Waals surface area contributed by atoms with Gasteiger partial charge in [-0.05, 0) is 56.2 Å². The zero-order valence-electron chi connectivity index (χ0n) is 17.6. The van der Waals surface area contributed by atoms with Crippen LogP contribution >= 0.6 is 0 Å². The first-order chi connectivity index (χ1) is 14.8. The van der Waals surface area contributed by atoms with Gasteiger partial charge in [0.1, 0.15) is 5.75 Å². The summed E-state index contributed by atoms with van der Waals surface area (Å²) in [5, 5.41) is 2.93. The molecule has 0 fully saturated rings. The van der Waals surface area contributed by atoms with E-state index in [9.17, 15) is 13.2 Å². The molecule has 0 radical (unpaired) electrons. The third-order valence-corrected chi connectivity index (χ3v) is 7.08. The highest BCUT2D eigenvalue weighted by molar-refractivity contribution is 7.92. The van der Waals surface area contributed by atoms with Gasteiger partial charge in [-0.25, -0.2) is 8.42 Å². The highest BCUT2D eigenvalue weighted by Crippen LogP contribution is 2.37. The van der Waals surface area contributed by atoms with Gasteiger partial charge in [0, 0.05) is 5.69 Å². The molecule has 160 valence electrons. The van der Waals surface area contributed by atoms with Gasteiger partial charge in [0.25, 0.3) is 15.9 Å². The molecule has 3 aromatic rings. The maximum atomic E-state index is 13.4. The summed E-state index contributed by atoms with van der Waals surface area (Å²) >= 11 is 0. The lowest BCUT2D eigenvalue weighted by atomic mass is 10.0. The average Bonchev–Trinajstić information content (AvgIpc) is 2.75. The van der Waals surface area contributed by atoms with Crippen LogP contribution in [0, 0.1) is 20.8 Å². The molecule has 7 heteroatoms. The van der Waals surface area contributed by atoms with E-state index >= 15 is 0 Å². The van der Waals surface area contributed by atoms with Crippen molar-refractivity contribution in [2.75, 3.05) is 16.2 Å². The molecule has 1 heterocycles. The molecule has 3 aromatic carbocycles. The van der Waals surface area contributed by atoms with Crippen LogP contribution in [0.4, 0.5) is 11.4 Å². The van der Waals surface area contributed by atoms with Crippen LogP contribution in [0.3, 0.4) is 0 Å². The van der Waals surface area contributed by atoms with E-state index in [-0.39, 0.29) is 11.4 Å². The molecule has 31 heavy (non-hydrogen) atoms. The van der Waals surface area contributed by atoms with Gasteiger partial charge in [0.15, 0.2) is 6.10 Å². The molecule has 0 aliphatic carbocycles. The smallest absolute Gasteiger partial charge is 0.267 e. The largest absolute Gasteiger partial charge is 0.476 e. The van der Waals surface area contributed by atoms with E-state index in [1.54, 1.807) is 54.6 Å². The van der Waals surface area contributed by atoms with Gasteiger partial charge in [-0.1, -0.05) is 48.0 Å². The van der Waals surface area contributed by atoms with Crippen molar-refractivity contribution in [3.05, 3.63) is 83.4 Å². The van der Waals surface area contributed by atoms with E-state index in [2.05, 4.69) is 5.32 Å². The number of ether oxygens (including phenoxy) is 1. The quantitative estimate of drug-likeness (QED) is 0.665. The topological polar surface area (TPSA) is 75.7 Å². The first kappa shape index (κ1) is 20.9. The van der Waals surface area contributed by atoms with Gasteiger partial charge < -0.3 is 10.1 Å². The van der Waals surface area contributed by atoms with Crippen molar-refractivity contribution in [3.8, 4) is 5.75 Å². The molecule has 6 nitrogen and oxygen atoms in total. The van der Waals surface area contributed by atoms with Crippen LogP contribution in [-0.4, -0.2) is 27.0 Å². The normalized spacial score (nSPS) is 15.7. The SMILES string of the molecule is Cc1cc(C)c(NC(=O)C2CN(S(=O)(=O)c3ccccc3)c3ccccc3O2)c(C)c1. The molecule has 4 rings (SSSR count). The summed E-state index contributed by atoms with van der Waals surface area (Å²) in [7, 11) is -3.86. The number of fused-ring (bicyclic) bond motifs is 1. The van der Waals surface area contributed by atoms with Crippen molar-refractivity contribution in [3.63, 3.8) is 0 Å². The number of carbonyl (C=O) groups is 1. The maximum absolute atomic E-state index is 13.4. The Labute approximate surface area is 182 Å². The molecular formula is C24H24N2O4S. The second kappa shape index (κ2) is 8.07. The number of amides is 1. The van der Waals surface area contributed by atoms with E-state index in [0.717, 1.165) is 22.4 Å². The van der Waals surface area contributed by atoms with Crippen molar-refractivity contribution in [1.29, 1.82) is 0 Å². The minimum absolute atomic E-state index is 0.121. The summed E-state index contributed by atoms with van der Waals surface area (Å²) in [4.78, 5) is 13.3. The highest BCUT2D eigenvalue weighted by Gasteiger charge is 2.37. The van der Waals surface area contributed by atoms with Crippen molar-refractivity contribution < 1.29 is 17.9 Å². The fraction of sp³-hybridized carbons (Fsp3) is 0.208. The molecule has 1 amide bonds. The highest BCUT2D eigenvalue weighted by atomic mass is 32.2. The molecule has 1 N–H and O–H groups in total. The lowest BCUT2D eigenvalue weighted by molar-refractivity contribution is -0.122. The Morgan fingerprint density at radius 1 is 0.968 bits per heavy atom. The molecule has 0 saturated heterocycles. The van der Waals surface area contributed by atoms with Gasteiger partial charge in [0.05, 0.1) is 17.1 Å². The van der Waals surface area contributed by atoms with Crippen molar-refractivity contribution in [2.45, 2.75) is 31.8 Å². The Morgan fingerprint density at radius 2 is 1.58 bits per heavy atom. The minimum atomic E-state index is -3.86. The van der Waals surface area contributed by atoms with E-state index in [0.29, 0.717) is 11.4 Å². The van der Waals surface area contributed by atoms with Gasteiger partial charge >= 0.3 is 0 Å². The number of benzene rings is 3. The minimum Gasteiger partial charge on any atom is -0.476 e. The number of carbonyl (C=O) groups excluding carboxylic acids is 1. The van der Waals surface area contributed by atoms with Crippen LogP contribution in [0.1, 0.15) is 16.7 Å². The van der Waals surface area contributed by atoms with Crippen molar-refractivity contribution in [2.24, 2.45) is 0 Å². The number of hydrogen-bond donors (Lipinski definition) is 1. The van der Waals surface area contributed by atoms with Crippen LogP contribution in [0.15, 0.2) is 71.6 Å². The van der Waals surface area contributed by atoms with Crippen LogP contribution in [0.25, 0.3) is 0 Å². The number of aryl methyl sites for hydroxylation is 3. The number of rotatable bonds is 4. The molecule has 1 aliphatic rings. The number of nitrogens with one attached hydrogen (secondary N) is 1. The van der Waals surface area contributed by atoms with E-state index in [1.807, 2.05) is 32.9 Å². The Hall–Kier alpha value is -3.32. The van der Waals surface area contributed by atoms with E-state index < -0.39 is 22.0 Å². The second-order valence-corrected chi connectivity index (χ2v) is 9.55. The Balaban J connectivity index is 1.68. The van der Waals surface area contributed by atoms with Crippen molar-refractivity contribution >= 4 is 27.3 Å². The molecule has 0 aromatic heterocycles. The van der Waals surface area contributed by atoms with Gasteiger partial charge in [-0.2, -0.15) is 0 Å². The number of para-hydroxylation sites is 2. The first-order valence-corrected chi connectivity index (χ1v) is 11.4. The summed E-state index contributed by atoms with van der Waals surface area (Å²) < 4.78 is 33.9. The summed E-state index contributed by atoms with van der Waals surface area (Å²) in [5.41, 5.74) is 4.12. The Morgan fingerprint density at radius 3 is 2.26 bits per heavy atom. The summed E-state index contributed by atoms with van der Waals surface area (Å²) in [6.07, 6.45) is -0.992. The Kier molecular flexibility index (Phi) is 5.45. The van der Waals surface area contributed by atoms with Gasteiger partial charge in [-0.15, -0.1) is 0 Å². The second-order valence-electron chi connectivity index (χ2n) is 7.69. The molecule has 1 aliphatic heterocycles. The van der Waals surface area contributed by atoms with Crippen LogP contribution in [0.5, 0.6) is 5.75 Å². The maximum Gasteiger partial charge on any atom is 0.267 e. The van der Waals surface area contributed by atoms with Crippen LogP contribution in [0.2, 0.25) is 0 Å². The molecule has 1 unspecified atom stereocenters. The lowest BCUT2D eigenvalue weighted by Crippen LogP contribution is -2.48. The Bertz CT molecular complexity index is 1220. The monoisotopic (exact) mass is 436 g/mol. The first-order valence-electron chi connectivity index (χ1n) is 9.99. The summed E-state index contributed by atoms with van der Waals surface area (Å²) in [6.45, 7) is 5.74. The number of nitrogens with zero attached hydrogens (tertiary/aromatic N) is 1. The summed E-state index contributed by atoms with van der Waals surface area (Å²) in [6, 6.07) is 19.0. The number of sulfonamides is 1. The van der Waals surface area contributed by atoms with E-state index in [1.165, 1.54) is 4.31 Å². The number of hydrogen-bond acceptors (Lipinski definition) is 4. The lowest BCUT2D eigenvalue weighted by Gasteiger charge is -2.34. The van der Waals surface area contributed by atoms with Gasteiger partial charge in [0.2, 0.25) is 0 Å². The molecule has 1 atom stereocenters. The molecular weight excluding hydrogens is 412 g/mol. The fourth-order valence-corrected chi connectivity index (χ4v) is 5.36. The third-order valence-electron chi connectivity index (χ3n) is 5.28.